The van der Waals surface area contributed by atoms with E-state index in [0.29, 0.717) is 6.42 Å². The minimum Gasteiger partial charge on any atom is -0.201 e. The molecule has 0 spiro atoms. The summed E-state index contributed by atoms with van der Waals surface area (Å²) in [6.45, 7) is 2.22. The van der Waals surface area contributed by atoms with Gasteiger partial charge in [-0.3, -0.25) is 0 Å². The molecule has 0 rings (SSSR count). The fourth-order valence-electron chi connectivity index (χ4n) is 1.80. The van der Waals surface area contributed by atoms with Crippen LogP contribution in [-0.2, 0) is 13.7 Å². The molecular formula is C12H26O3S2. The SMILES string of the molecule is CCCCCCCCCCCCS(=O)(=O)OS. The Balaban J connectivity index is 3.14. The molecule has 0 aliphatic rings. The standard InChI is InChI=1S/C12H26O3S2/c1-2-3-4-5-6-7-8-9-10-11-12-17(13,14)15-16/h16H,2-12H2,1H3. The van der Waals surface area contributed by atoms with Crippen molar-refractivity contribution in [1.82, 2.24) is 0 Å². The molecule has 0 heterocycles. The van der Waals surface area contributed by atoms with Crippen molar-refractivity contribution in [2.45, 2.75) is 71.1 Å². The number of unbranched alkanes of at least 4 members (excludes halogenated alkanes) is 9. The van der Waals surface area contributed by atoms with E-state index in [9.17, 15) is 8.42 Å². The molecule has 17 heavy (non-hydrogen) atoms. The van der Waals surface area contributed by atoms with Crippen LogP contribution in [0.5, 0.6) is 0 Å². The molecule has 0 radical (unpaired) electrons. The second kappa shape index (κ2) is 11.4. The van der Waals surface area contributed by atoms with Gasteiger partial charge in [0.1, 0.15) is 0 Å². The lowest BCUT2D eigenvalue weighted by molar-refractivity contribution is 0.514. The van der Waals surface area contributed by atoms with Gasteiger partial charge in [0.15, 0.2) is 0 Å². The summed E-state index contributed by atoms with van der Waals surface area (Å²) < 4.78 is 26.0. The van der Waals surface area contributed by atoms with E-state index in [1.165, 1.54) is 44.9 Å². The average Bonchev–Trinajstić information content (AvgIpc) is 2.31. The first-order valence-corrected chi connectivity index (χ1v) is 8.62. The summed E-state index contributed by atoms with van der Waals surface area (Å²) in [5.41, 5.74) is 0. The predicted octanol–water partition coefficient (Wildman–Crippen LogP) is 4.10. The van der Waals surface area contributed by atoms with Crippen molar-refractivity contribution in [1.29, 1.82) is 0 Å². The lowest BCUT2D eigenvalue weighted by Crippen LogP contribution is -2.04. The number of hydrogen-bond donors (Lipinski definition) is 1. The molecule has 0 fully saturated rings. The zero-order valence-electron chi connectivity index (χ0n) is 10.9. The normalized spacial score (nSPS) is 11.9. The molecular weight excluding hydrogens is 256 g/mol. The van der Waals surface area contributed by atoms with Gasteiger partial charge in [-0.1, -0.05) is 64.7 Å². The fraction of sp³-hybridized carbons (Fsp3) is 1.00. The highest BCUT2D eigenvalue weighted by Crippen LogP contribution is 2.11. The Morgan fingerprint density at radius 2 is 1.24 bits per heavy atom. The average molecular weight is 282 g/mol. The van der Waals surface area contributed by atoms with Crippen LogP contribution >= 0.6 is 12.9 Å². The van der Waals surface area contributed by atoms with Crippen molar-refractivity contribution < 1.29 is 12.0 Å². The van der Waals surface area contributed by atoms with E-state index in [1.807, 2.05) is 0 Å². The molecule has 0 aromatic carbocycles. The molecule has 0 aromatic heterocycles. The molecule has 0 aromatic rings. The minimum atomic E-state index is -3.36. The molecule has 0 saturated heterocycles. The third-order valence-electron chi connectivity index (χ3n) is 2.86. The van der Waals surface area contributed by atoms with Gasteiger partial charge >= 0.3 is 0 Å². The van der Waals surface area contributed by atoms with Gasteiger partial charge < -0.3 is 0 Å². The molecule has 0 atom stereocenters. The van der Waals surface area contributed by atoms with Crippen molar-refractivity contribution in [3.63, 3.8) is 0 Å². The Morgan fingerprint density at radius 1 is 0.824 bits per heavy atom. The Hall–Kier alpha value is 0.260. The smallest absolute Gasteiger partial charge is 0.201 e. The maximum absolute atomic E-state index is 10.9. The second-order valence-electron chi connectivity index (χ2n) is 4.52. The van der Waals surface area contributed by atoms with Crippen LogP contribution in [0.25, 0.3) is 0 Å². The van der Waals surface area contributed by atoms with E-state index in [-0.39, 0.29) is 5.75 Å². The van der Waals surface area contributed by atoms with Crippen LogP contribution in [0.15, 0.2) is 0 Å². The van der Waals surface area contributed by atoms with Crippen LogP contribution in [0.3, 0.4) is 0 Å². The third kappa shape index (κ3) is 12.5. The van der Waals surface area contributed by atoms with Gasteiger partial charge in [-0.15, -0.1) is 0 Å². The summed E-state index contributed by atoms with van der Waals surface area (Å²) in [6.07, 6.45) is 11.9. The maximum atomic E-state index is 10.9. The third-order valence-corrected chi connectivity index (χ3v) is 4.56. The molecule has 0 aliphatic heterocycles. The van der Waals surface area contributed by atoms with E-state index >= 15 is 0 Å². The summed E-state index contributed by atoms with van der Waals surface area (Å²) >= 11 is 3.31. The number of thiol groups is 1. The zero-order valence-corrected chi connectivity index (χ0v) is 12.6. The molecule has 0 unspecified atom stereocenters. The van der Waals surface area contributed by atoms with Gasteiger partial charge in [0.25, 0.3) is 10.1 Å². The summed E-state index contributed by atoms with van der Waals surface area (Å²) in [5, 5.41) is 0. The summed E-state index contributed by atoms with van der Waals surface area (Å²) in [5.74, 6) is 0.0903. The van der Waals surface area contributed by atoms with E-state index in [4.69, 9.17) is 0 Å². The van der Waals surface area contributed by atoms with Gasteiger partial charge in [-0.25, -0.2) is 3.63 Å². The molecule has 3 nitrogen and oxygen atoms in total. The quantitative estimate of drug-likeness (QED) is 0.333. The van der Waals surface area contributed by atoms with Crippen LogP contribution in [0.2, 0.25) is 0 Å². The Kier molecular flexibility index (Phi) is 11.5. The van der Waals surface area contributed by atoms with Crippen LogP contribution in [-0.4, -0.2) is 14.2 Å². The van der Waals surface area contributed by atoms with Crippen molar-refractivity contribution in [3.8, 4) is 0 Å². The fourth-order valence-corrected chi connectivity index (χ4v) is 2.66. The predicted molar refractivity (Wildman–Crippen MR) is 75.7 cm³/mol. The molecule has 0 bridgehead atoms. The molecule has 0 amide bonds. The van der Waals surface area contributed by atoms with Crippen LogP contribution < -0.4 is 0 Å². The van der Waals surface area contributed by atoms with Crippen LogP contribution in [0.1, 0.15) is 71.1 Å². The van der Waals surface area contributed by atoms with E-state index in [1.54, 1.807) is 0 Å². The molecule has 5 heteroatoms. The van der Waals surface area contributed by atoms with E-state index < -0.39 is 10.1 Å². The summed E-state index contributed by atoms with van der Waals surface area (Å²) in [7, 11) is -3.36. The topological polar surface area (TPSA) is 43.4 Å². The Morgan fingerprint density at radius 3 is 1.65 bits per heavy atom. The van der Waals surface area contributed by atoms with Crippen LogP contribution in [0, 0.1) is 0 Å². The first kappa shape index (κ1) is 17.3. The van der Waals surface area contributed by atoms with Crippen molar-refractivity contribution in [3.05, 3.63) is 0 Å². The lowest BCUT2D eigenvalue weighted by atomic mass is 10.1. The Labute approximate surface area is 112 Å². The van der Waals surface area contributed by atoms with Gasteiger partial charge in [0.05, 0.1) is 5.75 Å². The van der Waals surface area contributed by atoms with Crippen molar-refractivity contribution in [2.24, 2.45) is 0 Å². The second-order valence-corrected chi connectivity index (χ2v) is 6.64. The summed E-state index contributed by atoms with van der Waals surface area (Å²) in [4.78, 5) is 0. The van der Waals surface area contributed by atoms with E-state index in [0.717, 1.165) is 12.8 Å². The zero-order chi connectivity index (χ0) is 13.0. The minimum absolute atomic E-state index is 0.0903. The van der Waals surface area contributed by atoms with Gasteiger partial charge in [0.2, 0.25) is 0 Å². The van der Waals surface area contributed by atoms with Crippen molar-refractivity contribution in [2.75, 3.05) is 5.75 Å². The van der Waals surface area contributed by atoms with Gasteiger partial charge in [0, 0.05) is 0 Å². The first-order valence-electron chi connectivity index (χ1n) is 6.68. The summed E-state index contributed by atoms with van der Waals surface area (Å²) in [6, 6.07) is 0. The van der Waals surface area contributed by atoms with Gasteiger partial charge in [-0.05, 0) is 19.3 Å². The molecule has 0 aliphatic carbocycles. The number of rotatable bonds is 12. The van der Waals surface area contributed by atoms with Crippen LogP contribution in [0.4, 0.5) is 0 Å². The van der Waals surface area contributed by atoms with Crippen molar-refractivity contribution >= 4 is 23.0 Å². The maximum Gasteiger partial charge on any atom is 0.277 e. The highest BCUT2D eigenvalue weighted by Gasteiger charge is 2.07. The highest BCUT2D eigenvalue weighted by atomic mass is 32.3. The molecule has 104 valence electrons. The number of hydrogen-bond acceptors (Lipinski definition) is 4. The van der Waals surface area contributed by atoms with E-state index in [2.05, 4.69) is 23.5 Å². The molecule has 0 N–H and O–H groups in total. The Bertz CT molecular complexity index is 250. The van der Waals surface area contributed by atoms with Gasteiger partial charge in [-0.2, -0.15) is 8.42 Å². The first-order chi connectivity index (χ1) is 8.12. The monoisotopic (exact) mass is 282 g/mol. The largest absolute Gasteiger partial charge is 0.277 e. The highest BCUT2D eigenvalue weighted by molar-refractivity contribution is 7.95. The molecule has 0 saturated carbocycles. The lowest BCUT2D eigenvalue weighted by Gasteiger charge is -2.02.